The molecule has 0 saturated heterocycles. The lowest BCUT2D eigenvalue weighted by Gasteiger charge is -2.19. The normalized spacial score (nSPS) is 13.2. The average Bonchev–Trinajstić information content (AvgIpc) is 2.77. The quantitative estimate of drug-likeness (QED) is 0.413. The van der Waals surface area contributed by atoms with Crippen molar-refractivity contribution in [3.8, 4) is 0 Å². The molecule has 1 amide bonds. The van der Waals surface area contributed by atoms with Crippen molar-refractivity contribution in [1.29, 1.82) is 0 Å². The molecule has 0 aliphatic rings. The van der Waals surface area contributed by atoms with Crippen LogP contribution in [-0.4, -0.2) is 21.2 Å². The zero-order chi connectivity index (χ0) is 21.7. The Bertz CT molecular complexity index is 1080. The number of nitrogens with one attached hydrogen (secondary N) is 1. The van der Waals surface area contributed by atoms with Gasteiger partial charge in [-0.05, 0) is 49.9 Å². The standard InChI is InChI=1S/C24H29N3O2S/c1-5-16(3)27-23(29)20-9-7-8-10-21(20)26-24(27)30-15-22(28)25-17(4)19-13-11-18(6-2)12-14-19/h7-14,16-17H,5-6,15H2,1-4H3,(H,25,28)/t16-,17-/m1/s1. The third-order valence-electron chi connectivity index (χ3n) is 5.40. The number of thioether (sulfide) groups is 1. The lowest BCUT2D eigenvalue weighted by atomic mass is 10.1. The van der Waals surface area contributed by atoms with Gasteiger partial charge in [-0.3, -0.25) is 14.2 Å². The van der Waals surface area contributed by atoms with E-state index in [9.17, 15) is 9.59 Å². The molecule has 0 bridgehead atoms. The number of fused-ring (bicyclic) bond motifs is 1. The van der Waals surface area contributed by atoms with Crippen LogP contribution in [0.25, 0.3) is 10.9 Å². The van der Waals surface area contributed by atoms with Crippen LogP contribution in [0.15, 0.2) is 58.5 Å². The van der Waals surface area contributed by atoms with E-state index < -0.39 is 0 Å². The third-order valence-corrected chi connectivity index (χ3v) is 6.36. The lowest BCUT2D eigenvalue weighted by Crippen LogP contribution is -2.29. The first-order valence-corrected chi connectivity index (χ1v) is 11.4. The lowest BCUT2D eigenvalue weighted by molar-refractivity contribution is -0.119. The van der Waals surface area contributed by atoms with Gasteiger partial charge < -0.3 is 5.32 Å². The van der Waals surface area contributed by atoms with Crippen molar-refractivity contribution in [2.75, 3.05) is 5.75 Å². The van der Waals surface area contributed by atoms with Crippen molar-refractivity contribution in [2.24, 2.45) is 0 Å². The van der Waals surface area contributed by atoms with Gasteiger partial charge in [-0.2, -0.15) is 0 Å². The molecular formula is C24H29N3O2S. The summed E-state index contributed by atoms with van der Waals surface area (Å²) in [6.45, 7) is 8.15. The van der Waals surface area contributed by atoms with Crippen molar-refractivity contribution >= 4 is 28.6 Å². The first-order chi connectivity index (χ1) is 14.4. The maximum atomic E-state index is 13.0. The summed E-state index contributed by atoms with van der Waals surface area (Å²) in [7, 11) is 0. The summed E-state index contributed by atoms with van der Waals surface area (Å²) in [5, 5.41) is 4.24. The van der Waals surface area contributed by atoms with Crippen molar-refractivity contribution in [3.63, 3.8) is 0 Å². The maximum Gasteiger partial charge on any atom is 0.262 e. The number of hydrogen-bond acceptors (Lipinski definition) is 4. The van der Waals surface area contributed by atoms with E-state index in [1.165, 1.54) is 17.3 Å². The highest BCUT2D eigenvalue weighted by Crippen LogP contribution is 2.22. The topological polar surface area (TPSA) is 64.0 Å². The van der Waals surface area contributed by atoms with Crippen molar-refractivity contribution < 1.29 is 4.79 Å². The third kappa shape index (κ3) is 4.93. The van der Waals surface area contributed by atoms with Crippen molar-refractivity contribution in [1.82, 2.24) is 14.9 Å². The van der Waals surface area contributed by atoms with Crippen LogP contribution in [0.3, 0.4) is 0 Å². The zero-order valence-corrected chi connectivity index (χ0v) is 18.8. The Morgan fingerprint density at radius 2 is 1.80 bits per heavy atom. The molecule has 0 saturated carbocycles. The number of nitrogens with zero attached hydrogens (tertiary/aromatic N) is 2. The van der Waals surface area contributed by atoms with E-state index >= 15 is 0 Å². The average molecular weight is 424 g/mol. The van der Waals surface area contributed by atoms with Gasteiger partial charge in [0, 0.05) is 6.04 Å². The molecule has 0 aliphatic carbocycles. The Hall–Kier alpha value is -2.60. The van der Waals surface area contributed by atoms with Crippen molar-refractivity contribution in [3.05, 3.63) is 70.0 Å². The highest BCUT2D eigenvalue weighted by Gasteiger charge is 2.17. The molecule has 0 unspecified atom stereocenters. The zero-order valence-electron chi connectivity index (χ0n) is 18.0. The Kier molecular flexibility index (Phi) is 7.32. The summed E-state index contributed by atoms with van der Waals surface area (Å²) in [5.74, 6) is 0.128. The summed E-state index contributed by atoms with van der Waals surface area (Å²) < 4.78 is 1.72. The number of amides is 1. The summed E-state index contributed by atoms with van der Waals surface area (Å²) in [6, 6.07) is 15.6. The van der Waals surface area contributed by atoms with Gasteiger partial charge in [-0.15, -0.1) is 0 Å². The number of hydrogen-bond donors (Lipinski definition) is 1. The Morgan fingerprint density at radius 3 is 2.47 bits per heavy atom. The number of aromatic nitrogens is 2. The minimum atomic E-state index is -0.0785. The SMILES string of the molecule is CCc1ccc([C@@H](C)NC(=O)CSc2nc3ccccc3c(=O)n2[C@H](C)CC)cc1. The number of rotatable bonds is 8. The molecule has 0 spiro atoms. The van der Waals surface area contributed by atoms with Gasteiger partial charge in [0.15, 0.2) is 5.16 Å². The van der Waals surface area contributed by atoms with E-state index in [2.05, 4.69) is 41.5 Å². The molecular weight excluding hydrogens is 394 g/mol. The summed E-state index contributed by atoms with van der Waals surface area (Å²) in [6.07, 6.45) is 1.80. The van der Waals surface area contributed by atoms with Gasteiger partial charge in [0.1, 0.15) is 0 Å². The predicted molar refractivity (Wildman–Crippen MR) is 124 cm³/mol. The van der Waals surface area contributed by atoms with Crippen LogP contribution >= 0.6 is 11.8 Å². The van der Waals surface area contributed by atoms with Crippen LogP contribution in [0.1, 0.15) is 57.3 Å². The van der Waals surface area contributed by atoms with Crippen LogP contribution in [0.2, 0.25) is 0 Å². The molecule has 0 radical (unpaired) electrons. The molecule has 2 atom stereocenters. The second-order valence-corrected chi connectivity index (χ2v) is 8.46. The van der Waals surface area contributed by atoms with E-state index in [-0.39, 0.29) is 29.3 Å². The first-order valence-electron chi connectivity index (χ1n) is 10.5. The Labute approximate surface area is 181 Å². The largest absolute Gasteiger partial charge is 0.349 e. The smallest absolute Gasteiger partial charge is 0.262 e. The number of carbonyl (C=O) groups is 1. The molecule has 2 aromatic carbocycles. The minimum Gasteiger partial charge on any atom is -0.349 e. The van der Waals surface area contributed by atoms with Crippen LogP contribution in [0.5, 0.6) is 0 Å². The fraction of sp³-hybridized carbons (Fsp3) is 0.375. The summed E-state index contributed by atoms with van der Waals surface area (Å²) >= 11 is 1.31. The summed E-state index contributed by atoms with van der Waals surface area (Å²) in [4.78, 5) is 30.3. The highest BCUT2D eigenvalue weighted by molar-refractivity contribution is 7.99. The van der Waals surface area contributed by atoms with Gasteiger partial charge in [-0.1, -0.05) is 62.0 Å². The highest BCUT2D eigenvalue weighted by atomic mass is 32.2. The summed E-state index contributed by atoms with van der Waals surface area (Å²) in [5.41, 5.74) is 2.96. The second-order valence-electron chi connectivity index (χ2n) is 7.52. The molecule has 0 fully saturated rings. The van der Waals surface area contributed by atoms with E-state index in [1.54, 1.807) is 10.6 Å². The maximum absolute atomic E-state index is 13.0. The Morgan fingerprint density at radius 1 is 1.10 bits per heavy atom. The number of benzene rings is 2. The molecule has 1 N–H and O–H groups in total. The monoisotopic (exact) mass is 423 g/mol. The molecule has 1 aromatic heterocycles. The molecule has 0 aliphatic heterocycles. The van der Waals surface area contributed by atoms with E-state index in [1.807, 2.05) is 39.0 Å². The van der Waals surface area contributed by atoms with Gasteiger partial charge in [0.25, 0.3) is 5.56 Å². The number of para-hydroxylation sites is 1. The number of carbonyl (C=O) groups excluding carboxylic acids is 1. The van der Waals surface area contributed by atoms with E-state index in [0.717, 1.165) is 18.4 Å². The molecule has 158 valence electrons. The second kappa shape index (κ2) is 9.94. The first kappa shape index (κ1) is 22.1. The molecule has 1 heterocycles. The molecule has 30 heavy (non-hydrogen) atoms. The van der Waals surface area contributed by atoms with Crippen LogP contribution in [-0.2, 0) is 11.2 Å². The molecule has 6 heteroatoms. The molecule has 5 nitrogen and oxygen atoms in total. The van der Waals surface area contributed by atoms with Crippen LogP contribution in [0, 0.1) is 0 Å². The van der Waals surface area contributed by atoms with E-state index in [4.69, 9.17) is 0 Å². The van der Waals surface area contributed by atoms with Gasteiger partial charge in [-0.25, -0.2) is 4.98 Å². The minimum absolute atomic E-state index is 0.0103. The van der Waals surface area contributed by atoms with Gasteiger partial charge >= 0.3 is 0 Å². The Balaban J connectivity index is 1.75. The van der Waals surface area contributed by atoms with Crippen LogP contribution in [0.4, 0.5) is 0 Å². The fourth-order valence-corrected chi connectivity index (χ4v) is 4.25. The number of aryl methyl sites for hydroxylation is 1. The molecule has 3 rings (SSSR count). The van der Waals surface area contributed by atoms with E-state index in [0.29, 0.717) is 16.1 Å². The molecule has 3 aromatic rings. The fourth-order valence-electron chi connectivity index (χ4n) is 3.34. The van der Waals surface area contributed by atoms with Crippen LogP contribution < -0.4 is 10.9 Å². The van der Waals surface area contributed by atoms with Crippen molar-refractivity contribution in [2.45, 2.75) is 57.8 Å². The van der Waals surface area contributed by atoms with Gasteiger partial charge in [0.05, 0.1) is 22.7 Å². The van der Waals surface area contributed by atoms with Gasteiger partial charge in [0.2, 0.25) is 5.91 Å². The predicted octanol–water partition coefficient (Wildman–Crippen LogP) is 4.90.